The molecule has 4 heteroatoms. The maximum absolute atomic E-state index is 4.60. The molecule has 0 bridgehead atoms. The van der Waals surface area contributed by atoms with Crippen LogP contribution in [0.15, 0.2) is 39.4 Å². The number of nitrogens with one attached hydrogen (secondary N) is 1. The van der Waals surface area contributed by atoms with Gasteiger partial charge >= 0.3 is 0 Å². The summed E-state index contributed by atoms with van der Waals surface area (Å²) in [5, 5.41) is 3.60. The van der Waals surface area contributed by atoms with Crippen molar-refractivity contribution >= 4 is 31.9 Å². The van der Waals surface area contributed by atoms with Gasteiger partial charge in [0.2, 0.25) is 0 Å². The highest BCUT2D eigenvalue weighted by Crippen LogP contribution is 2.29. The van der Waals surface area contributed by atoms with Crippen molar-refractivity contribution in [1.82, 2.24) is 10.3 Å². The molecule has 1 atom stereocenters. The molecule has 1 N–H and O–H groups in total. The van der Waals surface area contributed by atoms with Gasteiger partial charge in [0.1, 0.15) is 0 Å². The van der Waals surface area contributed by atoms with E-state index in [1.807, 2.05) is 12.3 Å². The molecule has 0 radical (unpaired) electrons. The van der Waals surface area contributed by atoms with Gasteiger partial charge < -0.3 is 5.32 Å². The Bertz CT molecular complexity index is 626. The van der Waals surface area contributed by atoms with E-state index in [-0.39, 0.29) is 6.04 Å². The Balaban J connectivity index is 2.44. The van der Waals surface area contributed by atoms with Gasteiger partial charge in [0.05, 0.1) is 11.7 Å². The summed E-state index contributed by atoms with van der Waals surface area (Å²) in [6.07, 6.45) is 2.94. The number of benzene rings is 1. The monoisotopic (exact) mass is 410 g/mol. The smallest absolute Gasteiger partial charge is 0.0763 e. The highest BCUT2D eigenvalue weighted by molar-refractivity contribution is 9.11. The summed E-state index contributed by atoms with van der Waals surface area (Å²) in [4.78, 5) is 4.60. The zero-order valence-electron chi connectivity index (χ0n) is 12.6. The zero-order valence-corrected chi connectivity index (χ0v) is 15.8. The molecule has 2 nitrogen and oxygen atoms in total. The van der Waals surface area contributed by atoms with Crippen molar-refractivity contribution in [1.29, 1.82) is 0 Å². The van der Waals surface area contributed by atoms with Crippen molar-refractivity contribution in [2.24, 2.45) is 0 Å². The Kier molecular flexibility index (Phi) is 5.97. The van der Waals surface area contributed by atoms with E-state index >= 15 is 0 Å². The minimum absolute atomic E-state index is 0.103. The van der Waals surface area contributed by atoms with Gasteiger partial charge in [0.15, 0.2) is 0 Å². The standard InChI is InChI=1S/C17H20Br2N2/c1-4-7-20-16(13-6-5-11(2)12(3)8-13)17-15(19)9-14(18)10-21-17/h5-6,8-10,16,20H,4,7H2,1-3H3. The van der Waals surface area contributed by atoms with Gasteiger partial charge in [-0.15, -0.1) is 0 Å². The van der Waals surface area contributed by atoms with Crippen LogP contribution in [0.1, 0.15) is 41.8 Å². The van der Waals surface area contributed by atoms with Gasteiger partial charge in [0, 0.05) is 15.1 Å². The molecule has 0 saturated carbocycles. The molecule has 2 aromatic rings. The zero-order chi connectivity index (χ0) is 15.4. The Hall–Kier alpha value is -0.710. The van der Waals surface area contributed by atoms with Crippen molar-refractivity contribution in [3.05, 3.63) is 61.8 Å². The second-order valence-corrected chi connectivity index (χ2v) is 7.02. The molecule has 1 unspecified atom stereocenters. The van der Waals surface area contributed by atoms with Gasteiger partial charge in [-0.1, -0.05) is 25.1 Å². The molecule has 2 rings (SSSR count). The van der Waals surface area contributed by atoms with Crippen LogP contribution >= 0.6 is 31.9 Å². The van der Waals surface area contributed by atoms with E-state index in [1.54, 1.807) is 0 Å². The molecule has 1 heterocycles. The number of nitrogens with zero attached hydrogens (tertiary/aromatic N) is 1. The summed E-state index contributed by atoms with van der Waals surface area (Å²) < 4.78 is 2.00. The molecule has 0 aliphatic rings. The van der Waals surface area contributed by atoms with E-state index in [0.717, 1.165) is 27.6 Å². The second-order valence-electron chi connectivity index (χ2n) is 5.25. The lowest BCUT2D eigenvalue weighted by Crippen LogP contribution is -2.24. The van der Waals surface area contributed by atoms with Gasteiger partial charge in [-0.2, -0.15) is 0 Å². The number of rotatable bonds is 5. The number of halogens is 2. The van der Waals surface area contributed by atoms with Crippen molar-refractivity contribution in [3.8, 4) is 0 Å². The number of pyridine rings is 1. The summed E-state index contributed by atoms with van der Waals surface area (Å²) >= 11 is 7.10. The summed E-state index contributed by atoms with van der Waals surface area (Å²) in [5.74, 6) is 0. The van der Waals surface area contributed by atoms with Gasteiger partial charge in [0.25, 0.3) is 0 Å². The molecule has 0 saturated heterocycles. The fourth-order valence-electron chi connectivity index (χ4n) is 2.24. The van der Waals surface area contributed by atoms with Crippen LogP contribution in [-0.4, -0.2) is 11.5 Å². The van der Waals surface area contributed by atoms with Crippen LogP contribution in [0.2, 0.25) is 0 Å². The summed E-state index contributed by atoms with van der Waals surface area (Å²) in [6.45, 7) is 7.43. The third-order valence-corrected chi connectivity index (χ3v) is 4.64. The largest absolute Gasteiger partial charge is 0.305 e. The van der Waals surface area contributed by atoms with Crippen LogP contribution in [-0.2, 0) is 0 Å². The van der Waals surface area contributed by atoms with Crippen LogP contribution in [0.4, 0.5) is 0 Å². The van der Waals surface area contributed by atoms with Crippen LogP contribution in [0, 0.1) is 13.8 Å². The Morgan fingerprint density at radius 2 is 1.90 bits per heavy atom. The molecule has 0 amide bonds. The first-order valence-electron chi connectivity index (χ1n) is 7.14. The van der Waals surface area contributed by atoms with E-state index < -0.39 is 0 Å². The average molecular weight is 412 g/mol. The maximum atomic E-state index is 4.60. The van der Waals surface area contributed by atoms with Crippen molar-refractivity contribution in [3.63, 3.8) is 0 Å². The van der Waals surface area contributed by atoms with E-state index in [4.69, 9.17) is 0 Å². The number of aryl methyl sites for hydroxylation is 2. The molecule has 0 spiro atoms. The van der Waals surface area contributed by atoms with Crippen molar-refractivity contribution in [2.45, 2.75) is 33.2 Å². The number of aromatic nitrogens is 1. The first kappa shape index (κ1) is 16.7. The summed E-state index contributed by atoms with van der Waals surface area (Å²) in [7, 11) is 0. The van der Waals surface area contributed by atoms with Crippen molar-refractivity contribution < 1.29 is 0 Å². The average Bonchev–Trinajstić information content (AvgIpc) is 2.44. The second kappa shape index (κ2) is 7.52. The minimum atomic E-state index is 0.103. The molecule has 0 aliphatic carbocycles. The van der Waals surface area contributed by atoms with Crippen LogP contribution in [0.25, 0.3) is 0 Å². The molecule has 1 aromatic heterocycles. The SMILES string of the molecule is CCCNC(c1ccc(C)c(C)c1)c1ncc(Br)cc1Br. The molecular weight excluding hydrogens is 392 g/mol. The highest BCUT2D eigenvalue weighted by atomic mass is 79.9. The molecule has 0 fully saturated rings. The topological polar surface area (TPSA) is 24.9 Å². The van der Waals surface area contributed by atoms with Crippen molar-refractivity contribution in [2.75, 3.05) is 6.54 Å². The number of hydrogen-bond acceptors (Lipinski definition) is 2. The summed E-state index contributed by atoms with van der Waals surface area (Å²) in [6, 6.07) is 8.76. The van der Waals surface area contributed by atoms with E-state index in [9.17, 15) is 0 Å². The predicted molar refractivity (Wildman–Crippen MR) is 95.7 cm³/mol. The van der Waals surface area contributed by atoms with E-state index in [0.29, 0.717) is 0 Å². The lowest BCUT2D eigenvalue weighted by atomic mass is 9.98. The van der Waals surface area contributed by atoms with Gasteiger partial charge in [-0.05, 0) is 81.4 Å². The minimum Gasteiger partial charge on any atom is -0.305 e. The van der Waals surface area contributed by atoms with E-state index in [2.05, 4.69) is 81.1 Å². The normalized spacial score (nSPS) is 12.4. The molecule has 1 aromatic carbocycles. The lowest BCUT2D eigenvalue weighted by Gasteiger charge is -2.21. The Morgan fingerprint density at radius 1 is 1.14 bits per heavy atom. The third kappa shape index (κ3) is 4.15. The van der Waals surface area contributed by atoms with Crippen LogP contribution in [0.3, 0.4) is 0 Å². The quantitative estimate of drug-likeness (QED) is 0.720. The number of hydrogen-bond donors (Lipinski definition) is 1. The van der Waals surface area contributed by atoms with E-state index in [1.165, 1.54) is 16.7 Å². The third-order valence-electron chi connectivity index (χ3n) is 3.57. The van der Waals surface area contributed by atoms with Gasteiger partial charge in [-0.25, -0.2) is 0 Å². The predicted octanol–water partition coefficient (Wildman–Crippen LogP) is 5.31. The lowest BCUT2D eigenvalue weighted by molar-refractivity contribution is 0.584. The fraction of sp³-hybridized carbons (Fsp3) is 0.353. The Morgan fingerprint density at radius 3 is 2.52 bits per heavy atom. The molecule has 21 heavy (non-hydrogen) atoms. The summed E-state index contributed by atoms with van der Waals surface area (Å²) in [5.41, 5.74) is 4.90. The molecular formula is C17H20Br2N2. The van der Waals surface area contributed by atoms with Gasteiger partial charge in [-0.3, -0.25) is 4.98 Å². The molecule has 112 valence electrons. The molecule has 0 aliphatic heterocycles. The Labute approximate surface area is 143 Å². The fourth-order valence-corrected chi connectivity index (χ4v) is 3.46. The van der Waals surface area contributed by atoms with Crippen LogP contribution < -0.4 is 5.32 Å². The van der Waals surface area contributed by atoms with Crippen LogP contribution in [0.5, 0.6) is 0 Å². The first-order valence-corrected chi connectivity index (χ1v) is 8.73. The highest BCUT2D eigenvalue weighted by Gasteiger charge is 2.18. The maximum Gasteiger partial charge on any atom is 0.0763 e. The first-order chi connectivity index (χ1) is 10.0.